The summed E-state index contributed by atoms with van der Waals surface area (Å²) in [5.41, 5.74) is 5.37. The van der Waals surface area contributed by atoms with Crippen molar-refractivity contribution in [1.82, 2.24) is 14.3 Å². The fourth-order valence-electron chi connectivity index (χ4n) is 5.89. The van der Waals surface area contributed by atoms with E-state index in [1.165, 1.54) is 29.1 Å². The van der Waals surface area contributed by atoms with Crippen LogP contribution in [0.25, 0.3) is 23.0 Å². The third kappa shape index (κ3) is 7.25. The van der Waals surface area contributed by atoms with Crippen molar-refractivity contribution >= 4 is 29.4 Å². The van der Waals surface area contributed by atoms with Crippen LogP contribution in [0.5, 0.6) is 5.75 Å². The largest absolute Gasteiger partial charge is 0.493 e. The van der Waals surface area contributed by atoms with Gasteiger partial charge in [0.05, 0.1) is 46.8 Å². The molecular weight excluding hydrogens is 665 g/mol. The van der Waals surface area contributed by atoms with Crippen molar-refractivity contribution < 1.29 is 23.8 Å². The number of ether oxygens (including phenoxy) is 3. The third-order valence-electron chi connectivity index (χ3n) is 8.48. The molecule has 2 aromatic heterocycles. The molecule has 3 aromatic carbocycles. The van der Waals surface area contributed by atoms with Gasteiger partial charge in [-0.05, 0) is 79.9 Å². The maximum atomic E-state index is 14.4. The number of benzene rings is 3. The molecule has 260 valence electrons. The highest BCUT2D eigenvalue weighted by Gasteiger charge is 2.33. The van der Waals surface area contributed by atoms with Gasteiger partial charge in [-0.3, -0.25) is 9.36 Å². The van der Waals surface area contributed by atoms with E-state index in [0.717, 1.165) is 41.0 Å². The number of carbonyl (C=O) groups excluding carboxylic acids is 2. The second-order valence-electron chi connectivity index (χ2n) is 12.0. The SMILES string of the molecule is C=CCOC(=O)C1=C(C)N=c2sc(=Cc3cn(-c4ccccc4)nc3-c3ccc(OCCCC)c(C)c3)c(=O)n2C1c1ccc(C(=O)OC)cc1. The van der Waals surface area contributed by atoms with Gasteiger partial charge in [0.2, 0.25) is 0 Å². The molecule has 6 rings (SSSR count). The quantitative estimate of drug-likeness (QED) is 0.0879. The number of aromatic nitrogens is 3. The highest BCUT2D eigenvalue weighted by molar-refractivity contribution is 7.07. The van der Waals surface area contributed by atoms with Crippen molar-refractivity contribution in [3.63, 3.8) is 0 Å². The maximum Gasteiger partial charge on any atom is 0.338 e. The number of rotatable bonds is 12. The van der Waals surface area contributed by atoms with E-state index >= 15 is 0 Å². The molecule has 10 nitrogen and oxygen atoms in total. The third-order valence-corrected chi connectivity index (χ3v) is 9.46. The average Bonchev–Trinajstić information content (AvgIpc) is 3.71. The number of carbonyl (C=O) groups is 2. The van der Waals surface area contributed by atoms with E-state index < -0.39 is 18.0 Å². The number of para-hydroxylation sites is 1. The number of aryl methyl sites for hydroxylation is 1. The summed E-state index contributed by atoms with van der Waals surface area (Å²) in [5, 5.41) is 4.97. The van der Waals surface area contributed by atoms with Crippen molar-refractivity contribution in [2.45, 2.75) is 39.7 Å². The van der Waals surface area contributed by atoms with E-state index in [1.54, 1.807) is 35.9 Å². The lowest BCUT2D eigenvalue weighted by atomic mass is 9.95. The van der Waals surface area contributed by atoms with Crippen LogP contribution in [0.3, 0.4) is 0 Å². The molecule has 0 saturated carbocycles. The Bertz CT molecular complexity index is 2320. The predicted octanol–water partition coefficient (Wildman–Crippen LogP) is 6.09. The first-order valence-corrected chi connectivity index (χ1v) is 17.4. The Kier molecular flexibility index (Phi) is 10.6. The fourth-order valence-corrected chi connectivity index (χ4v) is 6.92. The van der Waals surface area contributed by atoms with Crippen molar-refractivity contribution in [2.75, 3.05) is 20.3 Å². The van der Waals surface area contributed by atoms with Gasteiger partial charge in [-0.25, -0.2) is 19.3 Å². The van der Waals surface area contributed by atoms with Crippen LogP contribution < -0.4 is 19.6 Å². The zero-order chi connectivity index (χ0) is 36.1. The minimum Gasteiger partial charge on any atom is -0.493 e. The number of unbranched alkanes of at least 4 members (excludes halogenated alkanes) is 1. The molecule has 0 fully saturated rings. The van der Waals surface area contributed by atoms with E-state index in [1.807, 2.05) is 67.7 Å². The molecule has 0 bridgehead atoms. The van der Waals surface area contributed by atoms with Crippen LogP contribution in [-0.2, 0) is 14.3 Å². The number of fused-ring (bicyclic) bond motifs is 1. The smallest absolute Gasteiger partial charge is 0.338 e. The molecule has 1 unspecified atom stereocenters. The van der Waals surface area contributed by atoms with E-state index in [-0.39, 0.29) is 17.7 Å². The van der Waals surface area contributed by atoms with Gasteiger partial charge in [0.15, 0.2) is 4.80 Å². The Balaban J connectivity index is 1.50. The number of esters is 2. The van der Waals surface area contributed by atoms with Crippen LogP contribution in [0.4, 0.5) is 0 Å². The van der Waals surface area contributed by atoms with Crippen molar-refractivity contribution in [1.29, 1.82) is 0 Å². The van der Waals surface area contributed by atoms with E-state index in [4.69, 9.17) is 24.3 Å². The summed E-state index contributed by atoms with van der Waals surface area (Å²) in [6, 6.07) is 21.5. The van der Waals surface area contributed by atoms with Crippen LogP contribution >= 0.6 is 11.3 Å². The van der Waals surface area contributed by atoms with Crippen LogP contribution in [0, 0.1) is 6.92 Å². The van der Waals surface area contributed by atoms with Crippen LogP contribution in [-0.4, -0.2) is 46.6 Å². The molecule has 1 atom stereocenters. The molecule has 51 heavy (non-hydrogen) atoms. The summed E-state index contributed by atoms with van der Waals surface area (Å²) < 4.78 is 20.0. The number of nitrogens with zero attached hydrogens (tertiary/aromatic N) is 4. The van der Waals surface area contributed by atoms with Gasteiger partial charge in [-0.1, -0.05) is 67.7 Å². The van der Waals surface area contributed by atoms with E-state index in [9.17, 15) is 14.4 Å². The molecule has 0 amide bonds. The molecule has 0 N–H and O–H groups in total. The molecule has 0 aliphatic carbocycles. The second kappa shape index (κ2) is 15.4. The normalized spacial score (nSPS) is 14.1. The van der Waals surface area contributed by atoms with Crippen LogP contribution in [0.1, 0.15) is 59.8 Å². The first kappa shape index (κ1) is 35.0. The molecule has 0 spiro atoms. The van der Waals surface area contributed by atoms with Gasteiger partial charge >= 0.3 is 11.9 Å². The molecule has 1 aliphatic heterocycles. The summed E-state index contributed by atoms with van der Waals surface area (Å²) in [6.45, 7) is 10.1. The minimum atomic E-state index is -0.859. The zero-order valence-electron chi connectivity index (χ0n) is 28.9. The van der Waals surface area contributed by atoms with E-state index in [2.05, 4.69) is 13.5 Å². The number of thiazole rings is 1. The predicted molar refractivity (Wildman–Crippen MR) is 197 cm³/mol. The summed E-state index contributed by atoms with van der Waals surface area (Å²) in [6.07, 6.45) is 7.21. The highest BCUT2D eigenvalue weighted by Crippen LogP contribution is 2.32. The summed E-state index contributed by atoms with van der Waals surface area (Å²) >= 11 is 1.22. The first-order chi connectivity index (χ1) is 24.7. The van der Waals surface area contributed by atoms with Gasteiger partial charge < -0.3 is 14.2 Å². The highest BCUT2D eigenvalue weighted by atomic mass is 32.1. The Morgan fingerprint density at radius 3 is 2.47 bits per heavy atom. The zero-order valence-corrected chi connectivity index (χ0v) is 29.7. The summed E-state index contributed by atoms with van der Waals surface area (Å²) in [7, 11) is 1.31. The van der Waals surface area contributed by atoms with Gasteiger partial charge in [0, 0.05) is 17.3 Å². The van der Waals surface area contributed by atoms with Crippen LogP contribution in [0.15, 0.2) is 113 Å². The molecule has 1 aliphatic rings. The van der Waals surface area contributed by atoms with Crippen molar-refractivity contribution in [2.24, 2.45) is 4.99 Å². The molecule has 5 aromatic rings. The number of hydrogen-bond donors (Lipinski definition) is 0. The Labute approximate surface area is 299 Å². The number of methoxy groups -OCH3 is 1. The van der Waals surface area contributed by atoms with Crippen LogP contribution in [0.2, 0.25) is 0 Å². The topological polar surface area (TPSA) is 114 Å². The molecule has 0 radical (unpaired) electrons. The minimum absolute atomic E-state index is 0.00642. The molecule has 0 saturated heterocycles. The lowest BCUT2D eigenvalue weighted by Gasteiger charge is -2.24. The standard InChI is InChI=1S/C40H38N4O6S/c1-6-8-21-49-32-19-18-29(22-25(32)3)35-30(24-43(42-35)31-12-10-9-11-13-31)23-33-37(45)44-36(27-14-16-28(17-15-27)38(46)48-5)34(39(47)50-20-7-2)26(4)41-40(44)51-33/h7,9-19,22-24,36H,2,6,8,20-21H2,1,3-5H3. The second-order valence-corrected chi connectivity index (χ2v) is 13.0. The van der Waals surface area contributed by atoms with Gasteiger partial charge in [0.25, 0.3) is 5.56 Å². The molecule has 3 heterocycles. The van der Waals surface area contributed by atoms with Crippen molar-refractivity contribution in [3.8, 4) is 22.7 Å². The Hall–Kier alpha value is -5.81. The molecular formula is C40H38N4O6S. The first-order valence-electron chi connectivity index (χ1n) is 16.6. The van der Waals surface area contributed by atoms with Gasteiger partial charge in [-0.2, -0.15) is 5.10 Å². The Morgan fingerprint density at radius 2 is 1.78 bits per heavy atom. The molecule has 11 heteroatoms. The van der Waals surface area contributed by atoms with Crippen molar-refractivity contribution in [3.05, 3.63) is 145 Å². The number of hydrogen-bond acceptors (Lipinski definition) is 9. The van der Waals surface area contributed by atoms with Gasteiger partial charge in [-0.15, -0.1) is 0 Å². The fraction of sp³-hybridized carbons (Fsp3) is 0.225. The Morgan fingerprint density at radius 1 is 1.02 bits per heavy atom. The van der Waals surface area contributed by atoms with Gasteiger partial charge in [0.1, 0.15) is 18.1 Å². The number of allylic oxidation sites excluding steroid dienone is 1. The monoisotopic (exact) mass is 702 g/mol. The summed E-state index contributed by atoms with van der Waals surface area (Å²) in [4.78, 5) is 45.2. The maximum absolute atomic E-state index is 14.4. The lowest BCUT2D eigenvalue weighted by molar-refractivity contribution is -0.138. The lowest BCUT2D eigenvalue weighted by Crippen LogP contribution is -2.40. The van der Waals surface area contributed by atoms with E-state index in [0.29, 0.717) is 38.5 Å². The average molecular weight is 703 g/mol. The summed E-state index contributed by atoms with van der Waals surface area (Å²) in [5.74, 6) is -0.290.